The quantitative estimate of drug-likeness (QED) is 0.574. The van der Waals surface area contributed by atoms with Crippen LogP contribution in [-0.4, -0.2) is 40.7 Å². The molecule has 1 aliphatic heterocycles. The van der Waals surface area contributed by atoms with Crippen LogP contribution < -0.4 is 11.1 Å². The number of ketones is 1. The minimum atomic E-state index is -0.840. The first-order valence-electron chi connectivity index (χ1n) is 10.4. The smallest absolute Gasteiger partial charge is 0.245 e. The number of Topliss-reactive ketones (excluding diaryl/α,β-unsaturated/α-hetero) is 1. The number of amides is 1. The van der Waals surface area contributed by atoms with Crippen molar-refractivity contribution < 1.29 is 14.0 Å². The highest BCUT2D eigenvalue weighted by Gasteiger charge is 2.33. The third-order valence-corrected chi connectivity index (χ3v) is 5.68. The molecule has 6 nitrogen and oxygen atoms in total. The molecule has 1 amide bonds. The Hall–Kier alpha value is -3.32. The molecule has 1 saturated heterocycles. The lowest BCUT2D eigenvalue weighted by Gasteiger charge is -2.25. The number of fused-ring (bicyclic) bond motifs is 1. The van der Waals surface area contributed by atoms with E-state index in [4.69, 9.17) is 5.73 Å². The summed E-state index contributed by atoms with van der Waals surface area (Å²) in [6.07, 6.45) is 3.68. The summed E-state index contributed by atoms with van der Waals surface area (Å²) in [4.78, 5) is 32.1. The minimum Gasteiger partial charge on any atom is -0.383 e. The largest absolute Gasteiger partial charge is 0.383 e. The normalized spacial score (nSPS) is 15.1. The van der Waals surface area contributed by atoms with Crippen molar-refractivity contribution in [3.05, 3.63) is 71.7 Å². The van der Waals surface area contributed by atoms with E-state index in [-0.39, 0.29) is 23.9 Å². The third-order valence-electron chi connectivity index (χ3n) is 5.68. The van der Waals surface area contributed by atoms with Crippen molar-refractivity contribution in [3.63, 3.8) is 0 Å². The van der Waals surface area contributed by atoms with Crippen LogP contribution in [0, 0.1) is 5.82 Å². The summed E-state index contributed by atoms with van der Waals surface area (Å²) in [6.45, 7) is 1.75. The number of hydrogen-bond acceptors (Lipinski definition) is 5. The van der Waals surface area contributed by atoms with E-state index in [1.165, 1.54) is 12.1 Å². The molecule has 160 valence electrons. The van der Waals surface area contributed by atoms with Gasteiger partial charge in [0.2, 0.25) is 5.91 Å². The lowest BCUT2D eigenvalue weighted by Crippen LogP contribution is -2.51. The molecular weight excluding hydrogens is 395 g/mol. The first kappa shape index (κ1) is 20.9. The third kappa shape index (κ3) is 4.88. The van der Waals surface area contributed by atoms with E-state index in [9.17, 15) is 14.0 Å². The second-order valence-electron chi connectivity index (χ2n) is 7.88. The molecule has 4 rings (SSSR count). The molecule has 7 heteroatoms. The number of nitrogens with two attached hydrogens (primary N) is 1. The number of anilines is 1. The number of aromatic nitrogens is 1. The Morgan fingerprint density at radius 3 is 2.52 bits per heavy atom. The fourth-order valence-corrected chi connectivity index (χ4v) is 4.06. The predicted molar refractivity (Wildman–Crippen MR) is 118 cm³/mol. The highest BCUT2D eigenvalue weighted by Crippen LogP contribution is 2.20. The van der Waals surface area contributed by atoms with Gasteiger partial charge in [-0.1, -0.05) is 24.3 Å². The van der Waals surface area contributed by atoms with Gasteiger partial charge in [-0.15, -0.1) is 0 Å². The SMILES string of the molecule is Nc1nccc2cc(CNC(=O)C(C(=O)Cc3ccc(F)cc3)N3CCCC3)ccc12. The van der Waals surface area contributed by atoms with E-state index < -0.39 is 6.04 Å². The van der Waals surface area contributed by atoms with E-state index in [0.29, 0.717) is 17.9 Å². The number of carbonyl (C=O) groups excluding carboxylic acids is 2. The molecule has 3 aromatic rings. The number of hydrogen-bond donors (Lipinski definition) is 2. The zero-order chi connectivity index (χ0) is 21.8. The van der Waals surface area contributed by atoms with Crippen LogP contribution in [0.15, 0.2) is 54.7 Å². The molecule has 3 N–H and O–H groups in total. The average molecular weight is 420 g/mol. The monoisotopic (exact) mass is 420 g/mol. The summed E-state index contributed by atoms with van der Waals surface area (Å²) < 4.78 is 13.2. The second-order valence-corrected chi connectivity index (χ2v) is 7.88. The van der Waals surface area contributed by atoms with Gasteiger partial charge in [-0.3, -0.25) is 14.5 Å². The maximum atomic E-state index is 13.2. The maximum absolute atomic E-state index is 13.2. The van der Waals surface area contributed by atoms with Gasteiger partial charge in [0, 0.05) is 24.5 Å². The number of nitrogen functional groups attached to an aromatic ring is 1. The van der Waals surface area contributed by atoms with Crippen LogP contribution >= 0.6 is 0 Å². The molecule has 0 saturated carbocycles. The Labute approximate surface area is 180 Å². The van der Waals surface area contributed by atoms with E-state index in [2.05, 4.69) is 10.3 Å². The fraction of sp³-hybridized carbons (Fsp3) is 0.292. The molecule has 1 atom stereocenters. The molecule has 1 fully saturated rings. The van der Waals surface area contributed by atoms with Gasteiger partial charge in [-0.2, -0.15) is 0 Å². The maximum Gasteiger partial charge on any atom is 0.245 e. The molecule has 31 heavy (non-hydrogen) atoms. The fourth-order valence-electron chi connectivity index (χ4n) is 4.06. The Kier molecular flexibility index (Phi) is 6.23. The van der Waals surface area contributed by atoms with Gasteiger partial charge in [0.05, 0.1) is 0 Å². The number of benzene rings is 2. The van der Waals surface area contributed by atoms with Gasteiger partial charge in [0.25, 0.3) is 0 Å². The standard InChI is InChI=1S/C24H25FN4O2/c25-19-6-3-16(4-7-19)14-21(30)22(29-11-1-2-12-29)24(31)28-15-17-5-8-20-18(13-17)9-10-27-23(20)26/h3-10,13,22H,1-2,11-12,14-15H2,(H2,26,27)(H,28,31). The zero-order valence-electron chi connectivity index (χ0n) is 17.2. The van der Waals surface area contributed by atoms with Gasteiger partial charge < -0.3 is 11.1 Å². The van der Waals surface area contributed by atoms with E-state index >= 15 is 0 Å². The van der Waals surface area contributed by atoms with Crippen LogP contribution in [0.2, 0.25) is 0 Å². The second kappa shape index (κ2) is 9.22. The van der Waals surface area contributed by atoms with Crippen molar-refractivity contribution in [2.24, 2.45) is 0 Å². The van der Waals surface area contributed by atoms with Gasteiger partial charge >= 0.3 is 0 Å². The Bertz CT molecular complexity index is 1090. The van der Waals surface area contributed by atoms with Crippen molar-refractivity contribution in [1.29, 1.82) is 0 Å². The first-order chi connectivity index (χ1) is 15.0. The number of rotatable bonds is 7. The molecule has 0 bridgehead atoms. The van der Waals surface area contributed by atoms with Crippen LogP contribution in [0.1, 0.15) is 24.0 Å². The van der Waals surface area contributed by atoms with Gasteiger partial charge in [0.15, 0.2) is 5.78 Å². The van der Waals surface area contributed by atoms with Crippen molar-refractivity contribution in [2.75, 3.05) is 18.8 Å². The van der Waals surface area contributed by atoms with Gasteiger partial charge in [-0.25, -0.2) is 9.37 Å². The number of carbonyl (C=O) groups is 2. The van der Waals surface area contributed by atoms with Crippen LogP contribution in [0.3, 0.4) is 0 Å². The van der Waals surface area contributed by atoms with Crippen molar-refractivity contribution in [1.82, 2.24) is 15.2 Å². The Morgan fingerprint density at radius 1 is 1.06 bits per heavy atom. The van der Waals surface area contributed by atoms with E-state index in [0.717, 1.165) is 42.3 Å². The molecule has 0 radical (unpaired) electrons. The predicted octanol–water partition coefficient (Wildman–Crippen LogP) is 2.85. The van der Waals surface area contributed by atoms with Crippen LogP contribution in [-0.2, 0) is 22.6 Å². The van der Waals surface area contributed by atoms with Gasteiger partial charge in [-0.05, 0) is 66.7 Å². The van der Waals surface area contributed by atoms with Crippen LogP contribution in [0.5, 0.6) is 0 Å². The molecule has 1 unspecified atom stereocenters. The Morgan fingerprint density at radius 2 is 1.77 bits per heavy atom. The minimum absolute atomic E-state index is 0.0944. The van der Waals surface area contributed by atoms with Crippen molar-refractivity contribution in [2.45, 2.75) is 31.8 Å². The summed E-state index contributed by atoms with van der Waals surface area (Å²) in [5.74, 6) is -0.363. The summed E-state index contributed by atoms with van der Waals surface area (Å²) in [6, 6.07) is 12.6. The van der Waals surface area contributed by atoms with E-state index in [1.54, 1.807) is 18.3 Å². The molecule has 2 heterocycles. The highest BCUT2D eigenvalue weighted by atomic mass is 19.1. The van der Waals surface area contributed by atoms with Crippen molar-refractivity contribution in [3.8, 4) is 0 Å². The number of likely N-dealkylation sites (tertiary alicyclic amines) is 1. The molecule has 0 spiro atoms. The Balaban J connectivity index is 1.47. The summed E-state index contributed by atoms with van der Waals surface area (Å²) in [5, 5.41) is 4.73. The lowest BCUT2D eigenvalue weighted by atomic mass is 10.0. The summed E-state index contributed by atoms with van der Waals surface area (Å²) in [5.41, 5.74) is 7.51. The molecular formula is C24H25FN4O2. The number of nitrogens with zero attached hydrogens (tertiary/aromatic N) is 2. The highest BCUT2D eigenvalue weighted by molar-refractivity contribution is 6.06. The van der Waals surface area contributed by atoms with Crippen LogP contribution in [0.4, 0.5) is 10.2 Å². The van der Waals surface area contributed by atoms with Crippen LogP contribution in [0.25, 0.3) is 10.8 Å². The zero-order valence-corrected chi connectivity index (χ0v) is 17.2. The molecule has 1 aliphatic rings. The summed E-state index contributed by atoms with van der Waals surface area (Å²) >= 11 is 0. The van der Waals surface area contributed by atoms with E-state index in [1.807, 2.05) is 29.2 Å². The average Bonchev–Trinajstić information content (AvgIpc) is 3.28. The van der Waals surface area contributed by atoms with Crippen molar-refractivity contribution >= 4 is 28.3 Å². The lowest BCUT2D eigenvalue weighted by molar-refractivity contribution is -0.135. The topological polar surface area (TPSA) is 88.3 Å². The number of halogens is 1. The first-order valence-corrected chi connectivity index (χ1v) is 10.4. The van der Waals surface area contributed by atoms with Gasteiger partial charge in [0.1, 0.15) is 17.7 Å². The number of nitrogens with one attached hydrogen (secondary N) is 1. The molecule has 1 aromatic heterocycles. The summed E-state index contributed by atoms with van der Waals surface area (Å²) in [7, 11) is 0. The number of pyridine rings is 1. The molecule has 2 aromatic carbocycles. The molecule has 0 aliphatic carbocycles.